The van der Waals surface area contributed by atoms with Crippen molar-refractivity contribution < 1.29 is 9.53 Å². The lowest BCUT2D eigenvalue weighted by Crippen LogP contribution is -2.54. The van der Waals surface area contributed by atoms with Gasteiger partial charge < -0.3 is 15.8 Å². The summed E-state index contributed by atoms with van der Waals surface area (Å²) in [5.74, 6) is 0.812. The Hall–Kier alpha value is -0.590. The molecule has 0 saturated carbocycles. The Kier molecular flexibility index (Phi) is 5.19. The van der Waals surface area contributed by atoms with Gasteiger partial charge in [0.2, 0.25) is 0 Å². The van der Waals surface area contributed by atoms with Crippen molar-refractivity contribution in [1.82, 2.24) is 5.32 Å². The van der Waals surface area contributed by atoms with Crippen molar-refractivity contribution in [2.75, 3.05) is 13.7 Å². The van der Waals surface area contributed by atoms with E-state index < -0.39 is 5.54 Å². The van der Waals surface area contributed by atoms with E-state index in [-0.39, 0.29) is 11.8 Å². The molecule has 1 heterocycles. The maximum absolute atomic E-state index is 12.2. The monoisotopic (exact) mass is 334 g/mol. The molecule has 0 fully saturated rings. The molecule has 6 heteroatoms. The number of nitrogens with one attached hydrogen (secondary N) is 1. The normalized spacial score (nSPS) is 14.4. The van der Waals surface area contributed by atoms with Crippen LogP contribution >= 0.6 is 27.3 Å². The van der Waals surface area contributed by atoms with Crippen LogP contribution in [0.25, 0.3) is 0 Å². The van der Waals surface area contributed by atoms with Crippen LogP contribution < -0.4 is 15.8 Å². The molecule has 0 aromatic carbocycles. The van der Waals surface area contributed by atoms with Crippen LogP contribution in [0.4, 0.5) is 0 Å². The quantitative estimate of drug-likeness (QED) is 0.869. The van der Waals surface area contributed by atoms with Crippen LogP contribution in [0.3, 0.4) is 0 Å². The van der Waals surface area contributed by atoms with Crippen LogP contribution in [0.1, 0.15) is 30.4 Å². The van der Waals surface area contributed by atoms with E-state index in [0.717, 1.165) is 3.79 Å². The second kappa shape index (κ2) is 6.04. The molecule has 1 aromatic rings. The molecule has 1 rings (SSSR count). The fourth-order valence-electron chi connectivity index (χ4n) is 1.36. The first kappa shape index (κ1) is 15.5. The zero-order chi connectivity index (χ0) is 13.9. The molecule has 0 radical (unpaired) electrons. The molecule has 0 aliphatic carbocycles. The minimum Gasteiger partial charge on any atom is -0.495 e. The Morgan fingerprint density at radius 1 is 1.67 bits per heavy atom. The largest absolute Gasteiger partial charge is 0.495 e. The van der Waals surface area contributed by atoms with Gasteiger partial charge in [-0.3, -0.25) is 4.79 Å². The van der Waals surface area contributed by atoms with Crippen molar-refractivity contribution >= 4 is 33.2 Å². The minimum atomic E-state index is -0.402. The molecule has 1 atom stereocenters. The van der Waals surface area contributed by atoms with Gasteiger partial charge in [0, 0.05) is 12.6 Å². The van der Waals surface area contributed by atoms with E-state index in [1.807, 2.05) is 20.8 Å². The Morgan fingerprint density at radius 3 is 2.67 bits per heavy atom. The first-order valence-electron chi connectivity index (χ1n) is 5.70. The van der Waals surface area contributed by atoms with Crippen LogP contribution in [0.15, 0.2) is 9.85 Å². The number of rotatable bonds is 5. The maximum atomic E-state index is 12.2. The summed E-state index contributed by atoms with van der Waals surface area (Å²) in [7, 11) is 1.58. The van der Waals surface area contributed by atoms with E-state index in [4.69, 9.17) is 10.5 Å². The van der Waals surface area contributed by atoms with Gasteiger partial charge in [0.15, 0.2) is 0 Å². The van der Waals surface area contributed by atoms with Crippen LogP contribution in [-0.2, 0) is 0 Å². The van der Waals surface area contributed by atoms with Crippen molar-refractivity contribution in [3.63, 3.8) is 0 Å². The van der Waals surface area contributed by atoms with Crippen molar-refractivity contribution in [2.24, 2.45) is 11.7 Å². The van der Waals surface area contributed by atoms with Gasteiger partial charge in [-0.15, -0.1) is 11.3 Å². The number of ether oxygens (including phenoxy) is 1. The second-order valence-corrected chi connectivity index (χ2v) is 7.05. The van der Waals surface area contributed by atoms with Gasteiger partial charge in [0.1, 0.15) is 9.54 Å². The minimum absolute atomic E-state index is 0.120. The summed E-state index contributed by atoms with van der Waals surface area (Å²) in [4.78, 5) is 12.8. The van der Waals surface area contributed by atoms with Gasteiger partial charge in [-0.2, -0.15) is 0 Å². The number of hydrogen-bond donors (Lipinski definition) is 2. The summed E-state index contributed by atoms with van der Waals surface area (Å²) in [6.45, 7) is 6.44. The lowest BCUT2D eigenvalue weighted by molar-refractivity contribution is 0.0887. The second-order valence-electron chi connectivity index (χ2n) is 4.68. The Morgan fingerprint density at radius 2 is 2.28 bits per heavy atom. The van der Waals surface area contributed by atoms with Gasteiger partial charge in [0.25, 0.3) is 5.91 Å². The fraction of sp³-hybridized carbons (Fsp3) is 0.583. The SMILES string of the molecule is COc1cc(C(=O)NC(C)(CN)C(C)C)sc1Br. The first-order valence-corrected chi connectivity index (χ1v) is 7.31. The number of amides is 1. The Labute approximate surface area is 120 Å². The molecule has 18 heavy (non-hydrogen) atoms. The highest BCUT2D eigenvalue weighted by Gasteiger charge is 2.29. The highest BCUT2D eigenvalue weighted by Crippen LogP contribution is 2.34. The average molecular weight is 335 g/mol. The van der Waals surface area contributed by atoms with E-state index in [1.54, 1.807) is 13.2 Å². The van der Waals surface area contributed by atoms with Crippen LogP contribution in [0.2, 0.25) is 0 Å². The molecular formula is C12H19BrN2O2S. The number of carbonyl (C=O) groups excluding carboxylic acids is 1. The fourth-order valence-corrected chi connectivity index (χ4v) is 2.90. The molecular weight excluding hydrogens is 316 g/mol. The smallest absolute Gasteiger partial charge is 0.262 e. The standard InChI is InChI=1S/C12H19BrN2O2S/c1-7(2)12(3,6-14)15-11(16)9-5-8(17-4)10(13)18-9/h5,7H,6,14H2,1-4H3,(H,15,16). The van der Waals surface area contributed by atoms with Gasteiger partial charge >= 0.3 is 0 Å². The molecule has 1 unspecified atom stereocenters. The summed E-state index contributed by atoms with van der Waals surface area (Å²) in [5, 5.41) is 2.99. The number of hydrogen-bond acceptors (Lipinski definition) is 4. The summed E-state index contributed by atoms with van der Waals surface area (Å²) in [6, 6.07) is 1.72. The molecule has 0 aliphatic rings. The predicted octanol–water partition coefficient (Wildman–Crippen LogP) is 2.62. The number of nitrogens with two attached hydrogens (primary N) is 1. The van der Waals surface area contributed by atoms with Crippen molar-refractivity contribution in [3.05, 3.63) is 14.7 Å². The highest BCUT2D eigenvalue weighted by molar-refractivity contribution is 9.11. The summed E-state index contributed by atoms with van der Waals surface area (Å²) < 4.78 is 5.95. The van der Waals surface area contributed by atoms with Gasteiger partial charge in [-0.05, 0) is 28.8 Å². The third-order valence-electron chi connectivity index (χ3n) is 3.20. The summed E-state index contributed by atoms with van der Waals surface area (Å²) in [6.07, 6.45) is 0. The average Bonchev–Trinajstić information content (AvgIpc) is 2.70. The third kappa shape index (κ3) is 3.24. The van der Waals surface area contributed by atoms with Crippen molar-refractivity contribution in [3.8, 4) is 5.75 Å². The zero-order valence-corrected chi connectivity index (χ0v) is 13.4. The maximum Gasteiger partial charge on any atom is 0.262 e. The molecule has 3 N–H and O–H groups in total. The number of carbonyl (C=O) groups is 1. The Bertz CT molecular complexity index is 434. The molecule has 0 bridgehead atoms. The van der Waals surface area contributed by atoms with Crippen molar-refractivity contribution in [2.45, 2.75) is 26.3 Å². The van der Waals surface area contributed by atoms with E-state index in [2.05, 4.69) is 21.2 Å². The van der Waals surface area contributed by atoms with E-state index >= 15 is 0 Å². The number of halogens is 1. The predicted molar refractivity (Wildman–Crippen MR) is 78.3 cm³/mol. The van der Waals surface area contributed by atoms with E-state index in [9.17, 15) is 4.79 Å². The Balaban J connectivity index is 2.87. The first-order chi connectivity index (χ1) is 8.34. The van der Waals surface area contributed by atoms with Crippen LogP contribution in [0, 0.1) is 5.92 Å². The summed E-state index contributed by atoms with van der Waals surface area (Å²) in [5.41, 5.74) is 5.35. The van der Waals surface area contributed by atoms with E-state index in [1.165, 1.54) is 11.3 Å². The molecule has 0 spiro atoms. The molecule has 102 valence electrons. The van der Waals surface area contributed by atoms with E-state index in [0.29, 0.717) is 17.2 Å². The lowest BCUT2D eigenvalue weighted by atomic mass is 9.88. The molecule has 4 nitrogen and oxygen atoms in total. The van der Waals surface area contributed by atoms with Gasteiger partial charge in [-0.25, -0.2) is 0 Å². The van der Waals surface area contributed by atoms with Crippen LogP contribution in [0.5, 0.6) is 5.75 Å². The lowest BCUT2D eigenvalue weighted by Gasteiger charge is -2.33. The molecule has 1 amide bonds. The highest BCUT2D eigenvalue weighted by atomic mass is 79.9. The van der Waals surface area contributed by atoms with Crippen molar-refractivity contribution in [1.29, 1.82) is 0 Å². The summed E-state index contributed by atoms with van der Waals surface area (Å²) >= 11 is 4.71. The number of methoxy groups -OCH3 is 1. The topological polar surface area (TPSA) is 64.3 Å². The third-order valence-corrected chi connectivity index (χ3v) is 4.98. The van der Waals surface area contributed by atoms with Gasteiger partial charge in [0.05, 0.1) is 17.5 Å². The zero-order valence-electron chi connectivity index (χ0n) is 11.0. The number of thiophene rings is 1. The molecule has 0 aliphatic heterocycles. The molecule has 1 aromatic heterocycles. The van der Waals surface area contributed by atoms with Crippen LogP contribution in [-0.4, -0.2) is 25.1 Å². The van der Waals surface area contributed by atoms with Gasteiger partial charge in [-0.1, -0.05) is 13.8 Å². The molecule has 0 saturated heterocycles.